The van der Waals surface area contributed by atoms with Gasteiger partial charge in [-0.05, 0) is 11.9 Å². The van der Waals surface area contributed by atoms with Gasteiger partial charge in [-0.3, -0.25) is 4.32 Å². The van der Waals surface area contributed by atoms with Crippen molar-refractivity contribution in [3.05, 3.63) is 30.3 Å². The van der Waals surface area contributed by atoms with E-state index in [1.54, 1.807) is 24.3 Å². The van der Waals surface area contributed by atoms with Crippen molar-refractivity contribution in [1.29, 1.82) is 0 Å². The normalized spacial score (nSPS) is 9.83. The molecular weight excluding hydrogens is 154 g/mol. The van der Waals surface area contributed by atoms with Gasteiger partial charge in [0.25, 0.3) is 0 Å². The van der Waals surface area contributed by atoms with Gasteiger partial charge in [0, 0.05) is 6.61 Å². The van der Waals surface area contributed by atoms with Gasteiger partial charge in [0.2, 0.25) is 0 Å². The molecule has 3 heteroatoms. The summed E-state index contributed by atoms with van der Waals surface area (Å²) in [5.74, 6) is 0. The van der Waals surface area contributed by atoms with E-state index >= 15 is 0 Å². The standard InChI is InChI=1S/C9H12BFO/c1-2-8-12-10(11)9-6-4-3-5-7-9/h3-7H,2,8H2,1H3. The van der Waals surface area contributed by atoms with Crippen LogP contribution in [0.3, 0.4) is 0 Å². The summed E-state index contributed by atoms with van der Waals surface area (Å²) < 4.78 is 18.0. The van der Waals surface area contributed by atoms with Crippen molar-refractivity contribution in [2.24, 2.45) is 0 Å². The number of rotatable bonds is 4. The van der Waals surface area contributed by atoms with E-state index in [4.69, 9.17) is 4.65 Å². The first-order chi connectivity index (χ1) is 5.84. The molecule has 12 heavy (non-hydrogen) atoms. The summed E-state index contributed by atoms with van der Waals surface area (Å²) in [6.07, 6.45) is 0.841. The lowest BCUT2D eigenvalue weighted by atomic mass is 9.83. The minimum absolute atomic E-state index is 0.468. The van der Waals surface area contributed by atoms with Crippen molar-refractivity contribution in [2.75, 3.05) is 6.61 Å². The minimum atomic E-state index is -1.27. The molecule has 0 bridgehead atoms. The number of halogens is 1. The second kappa shape index (κ2) is 4.93. The Bertz CT molecular complexity index is 215. The first-order valence-corrected chi connectivity index (χ1v) is 4.15. The highest BCUT2D eigenvalue weighted by Gasteiger charge is 2.16. The molecule has 0 unspecified atom stereocenters. The maximum atomic E-state index is 13.1. The fraction of sp³-hybridized carbons (Fsp3) is 0.333. The molecule has 0 saturated carbocycles. The highest BCUT2D eigenvalue weighted by atomic mass is 19.1. The van der Waals surface area contributed by atoms with Gasteiger partial charge in [-0.1, -0.05) is 37.3 Å². The van der Waals surface area contributed by atoms with Gasteiger partial charge < -0.3 is 4.65 Å². The summed E-state index contributed by atoms with van der Waals surface area (Å²) >= 11 is 0. The van der Waals surface area contributed by atoms with Gasteiger partial charge in [-0.2, -0.15) is 0 Å². The SMILES string of the molecule is CCCOB(F)c1ccccc1. The van der Waals surface area contributed by atoms with Crippen LogP contribution >= 0.6 is 0 Å². The average Bonchev–Trinajstić information content (AvgIpc) is 2.15. The second-order valence-corrected chi connectivity index (χ2v) is 2.60. The zero-order chi connectivity index (χ0) is 8.81. The van der Waals surface area contributed by atoms with Crippen LogP contribution in [0.1, 0.15) is 13.3 Å². The van der Waals surface area contributed by atoms with Gasteiger partial charge in [0.15, 0.2) is 0 Å². The molecule has 0 N–H and O–H groups in total. The number of benzene rings is 1. The van der Waals surface area contributed by atoms with Crippen LogP contribution < -0.4 is 5.46 Å². The third-order valence-electron chi connectivity index (χ3n) is 1.53. The van der Waals surface area contributed by atoms with Gasteiger partial charge in [0.1, 0.15) is 0 Å². The predicted molar refractivity (Wildman–Crippen MR) is 49.2 cm³/mol. The predicted octanol–water partition coefficient (Wildman–Crippen LogP) is 1.78. The van der Waals surface area contributed by atoms with Crippen LogP contribution in [0.5, 0.6) is 0 Å². The molecule has 1 aromatic rings. The minimum Gasteiger partial charge on any atom is -0.404 e. The Kier molecular flexibility index (Phi) is 3.81. The van der Waals surface area contributed by atoms with Gasteiger partial charge in [-0.15, -0.1) is 0 Å². The molecule has 0 aliphatic carbocycles. The third-order valence-corrected chi connectivity index (χ3v) is 1.53. The molecule has 1 aromatic carbocycles. The van der Waals surface area contributed by atoms with Crippen molar-refractivity contribution in [3.8, 4) is 0 Å². The van der Waals surface area contributed by atoms with Crippen LogP contribution in [-0.4, -0.2) is 13.8 Å². The molecular formula is C9H12BFO. The monoisotopic (exact) mass is 166 g/mol. The Labute approximate surface area is 72.7 Å². The largest absolute Gasteiger partial charge is 0.534 e. The lowest BCUT2D eigenvalue weighted by molar-refractivity contribution is 0.299. The van der Waals surface area contributed by atoms with E-state index in [1.807, 2.05) is 13.0 Å². The van der Waals surface area contributed by atoms with E-state index in [1.165, 1.54) is 0 Å². The molecule has 0 spiro atoms. The molecule has 64 valence electrons. The van der Waals surface area contributed by atoms with Crippen LogP contribution in [0.25, 0.3) is 0 Å². The molecule has 0 saturated heterocycles. The number of hydrogen-bond donors (Lipinski definition) is 0. The van der Waals surface area contributed by atoms with Crippen molar-refractivity contribution >= 4 is 12.7 Å². The van der Waals surface area contributed by atoms with E-state index < -0.39 is 7.19 Å². The molecule has 0 fully saturated rings. The lowest BCUT2D eigenvalue weighted by Gasteiger charge is -2.03. The summed E-state index contributed by atoms with van der Waals surface area (Å²) in [6.45, 7) is 2.42. The maximum Gasteiger partial charge on any atom is 0.534 e. The molecule has 0 heterocycles. The Morgan fingerprint density at radius 2 is 2.00 bits per heavy atom. The zero-order valence-electron chi connectivity index (χ0n) is 7.16. The average molecular weight is 166 g/mol. The van der Waals surface area contributed by atoms with Crippen molar-refractivity contribution in [1.82, 2.24) is 0 Å². The molecule has 0 atom stereocenters. The molecule has 0 radical (unpaired) electrons. The number of hydrogen-bond acceptors (Lipinski definition) is 1. The topological polar surface area (TPSA) is 9.23 Å². The molecule has 0 amide bonds. The van der Waals surface area contributed by atoms with Crippen molar-refractivity contribution in [3.63, 3.8) is 0 Å². The summed E-state index contributed by atoms with van der Waals surface area (Å²) in [5, 5.41) is 0. The van der Waals surface area contributed by atoms with E-state index in [0.29, 0.717) is 12.1 Å². The van der Waals surface area contributed by atoms with Crippen LogP contribution in [0, 0.1) is 0 Å². The highest BCUT2D eigenvalue weighted by molar-refractivity contribution is 6.60. The quantitative estimate of drug-likeness (QED) is 0.619. The Morgan fingerprint density at radius 3 is 2.58 bits per heavy atom. The summed E-state index contributed by atoms with van der Waals surface area (Å²) in [4.78, 5) is 0. The zero-order valence-corrected chi connectivity index (χ0v) is 7.16. The Hall–Kier alpha value is -0.825. The third kappa shape index (κ3) is 2.66. The molecule has 0 aromatic heterocycles. The Balaban J connectivity index is 2.48. The van der Waals surface area contributed by atoms with Crippen LogP contribution in [0.4, 0.5) is 4.32 Å². The summed E-state index contributed by atoms with van der Waals surface area (Å²) in [5.41, 5.74) is 0.589. The fourth-order valence-electron chi connectivity index (χ4n) is 0.922. The van der Waals surface area contributed by atoms with Gasteiger partial charge in [0.05, 0.1) is 0 Å². The van der Waals surface area contributed by atoms with Crippen LogP contribution in [-0.2, 0) is 4.65 Å². The second-order valence-electron chi connectivity index (χ2n) is 2.60. The van der Waals surface area contributed by atoms with Gasteiger partial charge >= 0.3 is 7.19 Å². The molecule has 0 aliphatic rings. The first-order valence-electron chi connectivity index (χ1n) is 4.15. The molecule has 0 aliphatic heterocycles. The van der Waals surface area contributed by atoms with Crippen molar-refractivity contribution in [2.45, 2.75) is 13.3 Å². The fourth-order valence-corrected chi connectivity index (χ4v) is 0.922. The molecule has 1 nitrogen and oxygen atoms in total. The van der Waals surface area contributed by atoms with E-state index in [2.05, 4.69) is 0 Å². The van der Waals surface area contributed by atoms with Crippen molar-refractivity contribution < 1.29 is 8.97 Å². The van der Waals surface area contributed by atoms with Crippen LogP contribution in [0.2, 0.25) is 0 Å². The highest BCUT2D eigenvalue weighted by Crippen LogP contribution is 1.93. The van der Waals surface area contributed by atoms with E-state index in [9.17, 15) is 4.32 Å². The first kappa shape index (κ1) is 9.26. The maximum absolute atomic E-state index is 13.1. The smallest absolute Gasteiger partial charge is 0.404 e. The Morgan fingerprint density at radius 1 is 1.33 bits per heavy atom. The van der Waals surface area contributed by atoms with E-state index in [0.717, 1.165) is 6.42 Å². The van der Waals surface area contributed by atoms with Gasteiger partial charge in [-0.25, -0.2) is 0 Å². The summed E-state index contributed by atoms with van der Waals surface area (Å²) in [7, 11) is -1.27. The summed E-state index contributed by atoms with van der Waals surface area (Å²) in [6, 6.07) is 8.91. The van der Waals surface area contributed by atoms with E-state index in [-0.39, 0.29) is 0 Å². The van der Waals surface area contributed by atoms with Crippen LogP contribution in [0.15, 0.2) is 30.3 Å². The molecule has 1 rings (SSSR count). The lowest BCUT2D eigenvalue weighted by Crippen LogP contribution is -2.28.